The third kappa shape index (κ3) is 7.42. The third-order valence-electron chi connectivity index (χ3n) is 10.7. The van der Waals surface area contributed by atoms with Crippen LogP contribution in [-0.4, -0.2) is 67.5 Å². The van der Waals surface area contributed by atoms with E-state index in [-0.39, 0.29) is 41.2 Å². The zero-order valence-electron chi connectivity index (χ0n) is 31.9. The molecule has 2 saturated carbocycles. The van der Waals surface area contributed by atoms with Crippen LogP contribution in [0.5, 0.6) is 0 Å². The second-order valence-electron chi connectivity index (χ2n) is 16.2. The molecule has 2 unspecified atom stereocenters. The number of unbranched alkanes of at least 4 members (excludes halogenated alkanes) is 1. The van der Waals surface area contributed by atoms with E-state index in [2.05, 4.69) is 12.1 Å². The predicted octanol–water partition coefficient (Wildman–Crippen LogP) is 7.25. The van der Waals surface area contributed by atoms with Gasteiger partial charge in [-0.15, -0.1) is 0 Å². The van der Waals surface area contributed by atoms with Gasteiger partial charge in [-0.05, 0) is 79.5 Å². The van der Waals surface area contributed by atoms with Gasteiger partial charge in [0.15, 0.2) is 5.82 Å². The van der Waals surface area contributed by atoms with Crippen molar-refractivity contribution < 1.29 is 27.3 Å². The molecule has 2 aromatic carbocycles. The Kier molecular flexibility index (Phi) is 10.5. The molecule has 6 rings (SSSR count). The molecule has 52 heavy (non-hydrogen) atoms. The Morgan fingerprint density at radius 1 is 1.10 bits per heavy atom. The summed E-state index contributed by atoms with van der Waals surface area (Å²) in [7, 11) is -1.01. The van der Waals surface area contributed by atoms with E-state index in [1.54, 1.807) is 50.1 Å². The van der Waals surface area contributed by atoms with Crippen LogP contribution in [0, 0.1) is 31.1 Å². The van der Waals surface area contributed by atoms with Crippen LogP contribution in [0.25, 0.3) is 11.1 Å². The average molecular weight is 732 g/mol. The van der Waals surface area contributed by atoms with Crippen LogP contribution < -0.4 is 4.31 Å². The lowest BCUT2D eigenvalue weighted by atomic mass is 9.91. The molecule has 3 aromatic rings. The molecular weight excluding hydrogens is 679 g/mol. The van der Waals surface area contributed by atoms with Crippen LogP contribution in [0.1, 0.15) is 95.1 Å². The Balaban J connectivity index is 1.40. The van der Waals surface area contributed by atoms with Crippen molar-refractivity contribution in [2.45, 2.75) is 110 Å². The van der Waals surface area contributed by atoms with Crippen molar-refractivity contribution in [3.05, 3.63) is 64.9 Å². The van der Waals surface area contributed by atoms with Crippen LogP contribution in [0.4, 0.5) is 5.82 Å². The number of sulfonamides is 1. The quantitative estimate of drug-likeness (QED) is 0.160. The number of hydrogen-bond acceptors (Lipinski definition) is 8. The highest BCUT2D eigenvalue weighted by atomic mass is 32.2. The van der Waals surface area contributed by atoms with Crippen molar-refractivity contribution in [3.8, 4) is 11.1 Å². The molecule has 12 heteroatoms. The van der Waals surface area contributed by atoms with Crippen LogP contribution in [0.15, 0.2) is 56.9 Å². The number of hydrogen-bond donors (Lipinski definition) is 0. The first-order chi connectivity index (χ1) is 24.6. The highest BCUT2D eigenvalue weighted by Gasteiger charge is 2.61. The molecule has 280 valence electrons. The van der Waals surface area contributed by atoms with Crippen LogP contribution in [0.2, 0.25) is 0 Å². The van der Waals surface area contributed by atoms with Crippen LogP contribution >= 0.6 is 0 Å². The highest BCUT2D eigenvalue weighted by molar-refractivity contribution is 7.93. The predicted molar refractivity (Wildman–Crippen MR) is 201 cm³/mol. The number of fused-ring (bicyclic) bond motifs is 1. The minimum atomic E-state index is -4.22. The number of methoxy groups -OCH3 is 1. The summed E-state index contributed by atoms with van der Waals surface area (Å²) in [5.74, 6) is 2.84. The molecule has 0 bridgehead atoms. The first kappa shape index (κ1) is 37.7. The van der Waals surface area contributed by atoms with Gasteiger partial charge in [0.1, 0.15) is 23.9 Å². The molecule has 0 N–H and O–H groups in total. The van der Waals surface area contributed by atoms with Gasteiger partial charge in [-0.1, -0.05) is 75.7 Å². The Bertz CT molecular complexity index is 1970. The van der Waals surface area contributed by atoms with E-state index in [9.17, 15) is 18.0 Å². The lowest BCUT2D eigenvalue weighted by molar-refractivity contribution is -0.132. The number of aliphatic imine (C=N–C) groups is 1. The van der Waals surface area contributed by atoms with Crippen molar-refractivity contribution in [2.24, 2.45) is 22.2 Å². The molecular formula is C40H53N5O6S. The zero-order chi connectivity index (χ0) is 37.6. The highest BCUT2D eigenvalue weighted by Crippen LogP contribution is 2.59. The Hall–Kier alpha value is -4.03. The molecule has 2 heterocycles. The lowest BCUT2D eigenvalue weighted by Crippen LogP contribution is -2.41. The monoisotopic (exact) mass is 731 g/mol. The fourth-order valence-corrected chi connectivity index (χ4v) is 9.31. The standard InChI is InChI=1S/C40H53N5O6S/c1-9-10-15-35-41-40(20-29-19-30(29)21-40)38(47)44(35)23-28-16-17-32(31(18-28)24-43(7)36(46)22-39(4,5)6)33-13-11-12-14-34(33)52(48,49)45(25-50-8)37-26(2)27(3)51-42-37/h11-14,16-18,29-30H,9-10,15,19-25H2,1-8H3/t29-,30?,40?/m0/s1. The van der Waals surface area contributed by atoms with E-state index < -0.39 is 15.6 Å². The number of rotatable bonds is 14. The van der Waals surface area contributed by atoms with Crippen molar-refractivity contribution >= 4 is 33.5 Å². The summed E-state index contributed by atoms with van der Waals surface area (Å²) < 4.78 is 40.9. The molecule has 11 nitrogen and oxygen atoms in total. The third-order valence-corrected chi connectivity index (χ3v) is 12.5. The second-order valence-corrected chi connectivity index (χ2v) is 18.0. The second kappa shape index (κ2) is 14.4. The largest absolute Gasteiger partial charge is 0.363 e. The Morgan fingerprint density at radius 2 is 1.81 bits per heavy atom. The molecule has 1 aromatic heterocycles. The SMILES string of the molecule is CCCCC1=NC2(CC3C[C@H]3C2)C(=O)N1Cc1ccc(-c2ccccc2S(=O)(=O)N(COC)c2noc(C)c2C)c(CN(C)C(=O)CC(C)(C)C)c1. The van der Waals surface area contributed by atoms with E-state index >= 15 is 0 Å². The van der Waals surface area contributed by atoms with E-state index in [0.29, 0.717) is 47.3 Å². The molecule has 3 atom stereocenters. The smallest absolute Gasteiger partial charge is 0.268 e. The van der Waals surface area contributed by atoms with E-state index in [1.165, 1.54) is 13.5 Å². The fourth-order valence-electron chi connectivity index (χ4n) is 7.73. The van der Waals surface area contributed by atoms with Gasteiger partial charge in [0.2, 0.25) is 5.91 Å². The minimum absolute atomic E-state index is 0.0154. The molecule has 2 amide bonds. The zero-order valence-corrected chi connectivity index (χ0v) is 32.7. The molecule has 0 radical (unpaired) electrons. The number of benzene rings is 2. The van der Waals surface area contributed by atoms with Gasteiger partial charge in [-0.2, -0.15) is 0 Å². The van der Waals surface area contributed by atoms with Crippen molar-refractivity contribution in [2.75, 3.05) is 25.2 Å². The molecule has 3 aliphatic rings. The molecule has 1 aliphatic heterocycles. The topological polar surface area (TPSA) is 126 Å². The number of carbonyl (C=O) groups excluding carboxylic acids is 2. The van der Waals surface area contributed by atoms with Crippen molar-refractivity contribution in [1.29, 1.82) is 0 Å². The van der Waals surface area contributed by atoms with Gasteiger partial charge >= 0.3 is 0 Å². The maximum absolute atomic E-state index is 14.5. The lowest BCUT2D eigenvalue weighted by Gasteiger charge is -2.27. The first-order valence-electron chi connectivity index (χ1n) is 18.4. The average Bonchev–Trinajstić information content (AvgIpc) is 3.46. The van der Waals surface area contributed by atoms with E-state index in [0.717, 1.165) is 53.4 Å². The number of carbonyl (C=O) groups is 2. The summed E-state index contributed by atoms with van der Waals surface area (Å²) in [5.41, 5.74) is 2.57. The maximum atomic E-state index is 14.5. The number of anilines is 1. The summed E-state index contributed by atoms with van der Waals surface area (Å²) >= 11 is 0. The number of ether oxygens (including phenoxy) is 1. The minimum Gasteiger partial charge on any atom is -0.363 e. The molecule has 2 aliphatic carbocycles. The number of nitrogens with zero attached hydrogens (tertiary/aromatic N) is 5. The van der Waals surface area contributed by atoms with E-state index in [4.69, 9.17) is 14.3 Å². The van der Waals surface area contributed by atoms with Gasteiger partial charge in [0.25, 0.3) is 15.9 Å². The van der Waals surface area contributed by atoms with Crippen molar-refractivity contribution in [1.82, 2.24) is 15.0 Å². The molecule has 1 spiro atoms. The van der Waals surface area contributed by atoms with Gasteiger partial charge in [0, 0.05) is 44.7 Å². The van der Waals surface area contributed by atoms with Crippen molar-refractivity contribution in [3.63, 3.8) is 0 Å². The Labute approximate surface area is 308 Å². The van der Waals surface area contributed by atoms with Gasteiger partial charge < -0.3 is 14.2 Å². The van der Waals surface area contributed by atoms with Gasteiger partial charge in [0.05, 0.1) is 11.4 Å². The summed E-state index contributed by atoms with van der Waals surface area (Å²) in [6, 6.07) is 12.7. The first-order valence-corrected chi connectivity index (χ1v) is 19.8. The summed E-state index contributed by atoms with van der Waals surface area (Å²) in [5, 5.41) is 4.06. The van der Waals surface area contributed by atoms with Crippen LogP contribution in [0.3, 0.4) is 0 Å². The maximum Gasteiger partial charge on any atom is 0.268 e. The summed E-state index contributed by atoms with van der Waals surface area (Å²) in [6.07, 6.45) is 5.96. The molecule has 0 saturated heterocycles. The number of amidine groups is 1. The molecule has 2 fully saturated rings. The number of aryl methyl sites for hydroxylation is 1. The summed E-state index contributed by atoms with van der Waals surface area (Å²) in [6.45, 7) is 12.0. The van der Waals surface area contributed by atoms with Crippen LogP contribution in [-0.2, 0) is 37.4 Å². The summed E-state index contributed by atoms with van der Waals surface area (Å²) in [4.78, 5) is 36.3. The normalized spacial score (nSPS) is 21.1. The van der Waals surface area contributed by atoms with Gasteiger partial charge in [-0.3, -0.25) is 19.5 Å². The fraction of sp³-hybridized carbons (Fsp3) is 0.550. The number of amides is 2. The Morgan fingerprint density at radius 3 is 2.44 bits per heavy atom. The van der Waals surface area contributed by atoms with E-state index in [1.807, 2.05) is 43.9 Å². The van der Waals surface area contributed by atoms with Gasteiger partial charge in [-0.25, -0.2) is 12.7 Å². The number of aromatic nitrogens is 1.